The molecule has 0 bridgehead atoms. The fraction of sp³-hybridized carbons (Fsp3) is 0.360. The van der Waals surface area contributed by atoms with Crippen molar-refractivity contribution >= 4 is 88.7 Å². The van der Waals surface area contributed by atoms with Gasteiger partial charge in [-0.2, -0.15) is 5.26 Å². The summed E-state index contributed by atoms with van der Waals surface area (Å²) in [4.78, 5) is 136. The molecule has 0 aliphatic rings. The van der Waals surface area contributed by atoms with Crippen LogP contribution >= 0.6 is 35.1 Å². The predicted octanol–water partition coefficient (Wildman–Crippen LogP) is 15.5. The summed E-state index contributed by atoms with van der Waals surface area (Å²) in [6, 6.07) is 71.0. The number of hydrogen-bond acceptors (Lipinski definition) is 16. The van der Waals surface area contributed by atoms with Gasteiger partial charge >= 0.3 is 18.2 Å². The summed E-state index contributed by atoms with van der Waals surface area (Å²) in [7, 11) is 0. The zero-order valence-electron chi connectivity index (χ0n) is 73.6. The molecule has 664 valence electrons. The van der Waals surface area contributed by atoms with Crippen molar-refractivity contribution in [3.8, 4) is 11.8 Å². The van der Waals surface area contributed by atoms with E-state index in [0.717, 1.165) is 33.4 Å². The predicted molar refractivity (Wildman–Crippen MR) is 494 cm³/mol. The molecule has 9 atom stereocenters. The van der Waals surface area contributed by atoms with Crippen molar-refractivity contribution in [2.45, 2.75) is 202 Å². The third-order valence-electron chi connectivity index (χ3n) is 20.0. The van der Waals surface area contributed by atoms with E-state index in [2.05, 4.69) is 48.6 Å². The molecule has 26 heteroatoms. The molecule has 126 heavy (non-hydrogen) atoms. The highest BCUT2D eigenvalue weighted by Crippen LogP contribution is 2.50. The van der Waals surface area contributed by atoms with Crippen LogP contribution < -0.4 is 47.3 Å². The SMILES string of the molecule is C[C@@H](OC(C)(C)C)[C@H](NC(=O)[C@H](CC(C#N)CCNC(=O)OC(C)(C)C)NC(=O)[C@@H](Cc1ccccc1)NC(=O)[C@H](Cc1ccc(OC(C)(C)C)cc1)NC(=O)[C@@H](CSC(c1ccccc1)(c1ccccc1)c1ccccc1)NC(=O)[C@H](Cc1ccc(Cl)cc1)NC(=O)OC(C)(C)C)C(=O)N[C@@H](CSC(c1ccccc1)(c1ccccc1)c1ccccc1)C(=O)O. The number of rotatable bonds is 40. The lowest BCUT2D eigenvalue weighted by atomic mass is 9.84. The Labute approximate surface area is 753 Å². The summed E-state index contributed by atoms with van der Waals surface area (Å²) >= 11 is 9.00. The number of nitriles is 1. The van der Waals surface area contributed by atoms with Gasteiger partial charge in [-0.1, -0.05) is 248 Å². The number of carbonyl (C=O) groups is 9. The van der Waals surface area contributed by atoms with Gasteiger partial charge in [0.25, 0.3) is 0 Å². The van der Waals surface area contributed by atoms with Crippen LogP contribution in [-0.4, -0.2) is 148 Å². The summed E-state index contributed by atoms with van der Waals surface area (Å²) in [6.07, 6.45) is -4.09. The van der Waals surface area contributed by atoms with Crippen LogP contribution in [0.25, 0.3) is 0 Å². The second-order valence-corrected chi connectivity index (χ2v) is 37.7. The normalized spacial score (nSPS) is 14.0. The minimum absolute atomic E-state index is 0.0962. The summed E-state index contributed by atoms with van der Waals surface area (Å²) in [5.74, 6) is -8.01. The van der Waals surface area contributed by atoms with Gasteiger partial charge in [-0.15, -0.1) is 23.5 Å². The van der Waals surface area contributed by atoms with Crippen LogP contribution in [0.2, 0.25) is 5.02 Å². The molecule has 8 amide bonds. The van der Waals surface area contributed by atoms with Gasteiger partial charge in [0.1, 0.15) is 64.8 Å². The Morgan fingerprint density at radius 2 is 0.706 bits per heavy atom. The Bertz CT molecular complexity index is 4900. The molecule has 9 aromatic rings. The van der Waals surface area contributed by atoms with Crippen molar-refractivity contribution in [3.63, 3.8) is 0 Å². The zero-order valence-corrected chi connectivity index (χ0v) is 76.0. The number of hydrogen-bond donors (Lipinski definition) is 9. The fourth-order valence-corrected chi connectivity index (χ4v) is 17.7. The standard InChI is InChI=1S/C100H116ClN9O14S2/c1-66(121-95(2,3)4)85(91(116)108-84(92(117)118)65-126-100(74-43-29-18-30-44-74,75-45-31-19-32-46-75)76-47-33-20-34-48-76)110-89(114)81(62-70(63-102)57-58-103-93(119)123-97(8,9)10)105-86(111)79(59-67-35-21-14-22-36-67)104-87(112)80(60-69-51-55-78(56-52-69)122-96(5,6)7)106-90(115)83(107-88(113)82(109-94(120)124-98(11,12)13)61-68-49-53-77(101)54-50-68)64-125-99(71-37-23-15-24-38-71,72-39-25-16-26-40-72)73-41-27-17-28-42-73/h14-56,66,70,79-85H,57-62,64-65H2,1-13H3,(H,103,119)(H,104,112)(H,105,111)(H,106,115)(H,107,113)(H,108,116)(H,109,120)(H,110,114)(H,117,118)/t66-,70?,79-,80+,81+,82+,83-,84+,85+/m1/s1. The monoisotopic (exact) mass is 1770 g/mol. The molecule has 0 saturated carbocycles. The van der Waals surface area contributed by atoms with E-state index in [4.69, 9.17) is 30.5 Å². The Hall–Kier alpha value is -12.0. The molecule has 9 rings (SSSR count). The lowest BCUT2D eigenvalue weighted by molar-refractivity contribution is -0.144. The number of benzene rings is 9. The largest absolute Gasteiger partial charge is 0.488 e. The van der Waals surface area contributed by atoms with Crippen LogP contribution in [-0.2, 0) is 76.5 Å². The maximum atomic E-state index is 16.3. The summed E-state index contributed by atoms with van der Waals surface area (Å²) in [5.41, 5.74) is 3.09. The van der Waals surface area contributed by atoms with E-state index >= 15 is 28.8 Å². The Kier molecular flexibility index (Phi) is 35.2. The highest BCUT2D eigenvalue weighted by Gasteiger charge is 2.44. The lowest BCUT2D eigenvalue weighted by Crippen LogP contribution is -2.62. The number of thioether (sulfide) groups is 2. The van der Waals surface area contributed by atoms with E-state index in [9.17, 15) is 24.8 Å². The number of amides is 8. The van der Waals surface area contributed by atoms with E-state index in [1.807, 2.05) is 203 Å². The number of alkyl carbamates (subject to hydrolysis) is 2. The quantitative estimate of drug-likeness (QED) is 0.0161. The first-order valence-corrected chi connectivity index (χ1v) is 44.4. The number of nitrogens with zero attached hydrogens (tertiary/aromatic N) is 1. The van der Waals surface area contributed by atoms with Crippen molar-refractivity contribution in [3.05, 3.63) is 316 Å². The third-order valence-corrected chi connectivity index (χ3v) is 23.6. The maximum absolute atomic E-state index is 16.3. The van der Waals surface area contributed by atoms with Gasteiger partial charge in [-0.05, 0) is 177 Å². The molecule has 9 aromatic carbocycles. The Morgan fingerprint density at radius 1 is 0.381 bits per heavy atom. The number of carbonyl (C=O) groups excluding carboxylic acids is 8. The summed E-state index contributed by atoms with van der Waals surface area (Å²) in [6.45, 7) is 22.3. The molecular formula is C100H116ClN9O14S2. The molecule has 0 aliphatic heterocycles. The number of ether oxygens (including phenoxy) is 4. The fourth-order valence-electron chi connectivity index (χ4n) is 14.4. The highest BCUT2D eigenvalue weighted by atomic mass is 35.5. The topological polar surface area (TPSA) is 331 Å². The molecule has 23 nitrogen and oxygen atoms in total. The van der Waals surface area contributed by atoms with Gasteiger partial charge in [-0.25, -0.2) is 14.4 Å². The van der Waals surface area contributed by atoms with E-state index in [1.165, 1.54) is 30.4 Å². The van der Waals surface area contributed by atoms with Gasteiger partial charge in [0, 0.05) is 42.3 Å². The van der Waals surface area contributed by atoms with Gasteiger partial charge in [-0.3, -0.25) is 28.8 Å². The zero-order chi connectivity index (χ0) is 91.4. The van der Waals surface area contributed by atoms with E-state index in [-0.39, 0.29) is 43.7 Å². The molecule has 0 aliphatic carbocycles. The molecule has 0 aromatic heterocycles. The van der Waals surface area contributed by atoms with Gasteiger partial charge in [0.05, 0.1) is 33.2 Å². The van der Waals surface area contributed by atoms with Crippen molar-refractivity contribution < 1.29 is 67.2 Å². The molecule has 0 fully saturated rings. The van der Waals surface area contributed by atoms with Crippen molar-refractivity contribution in [2.75, 3.05) is 18.1 Å². The average Bonchev–Trinajstić information content (AvgIpc) is 0.759. The molecule has 1 unspecified atom stereocenters. The van der Waals surface area contributed by atoms with Crippen LogP contribution in [0.3, 0.4) is 0 Å². The van der Waals surface area contributed by atoms with Crippen molar-refractivity contribution in [1.29, 1.82) is 5.26 Å². The highest BCUT2D eigenvalue weighted by molar-refractivity contribution is 8.01. The van der Waals surface area contributed by atoms with Crippen LogP contribution in [0.4, 0.5) is 9.59 Å². The minimum Gasteiger partial charge on any atom is -0.488 e. The first-order chi connectivity index (χ1) is 59.8. The van der Waals surface area contributed by atoms with Crippen LogP contribution in [0, 0.1) is 17.2 Å². The van der Waals surface area contributed by atoms with Crippen LogP contribution in [0.15, 0.2) is 261 Å². The number of nitrogens with one attached hydrogen (secondary N) is 8. The minimum atomic E-state index is -1.75. The van der Waals surface area contributed by atoms with Crippen LogP contribution in [0.5, 0.6) is 5.75 Å². The Morgan fingerprint density at radius 3 is 1.08 bits per heavy atom. The number of halogens is 1. The van der Waals surface area contributed by atoms with E-state index in [1.54, 1.807) is 141 Å². The molecule has 0 saturated heterocycles. The first-order valence-electron chi connectivity index (χ1n) is 42.1. The molecule has 0 radical (unpaired) electrons. The first kappa shape index (κ1) is 97.9. The maximum Gasteiger partial charge on any atom is 0.408 e. The second-order valence-electron chi connectivity index (χ2n) is 34.8. The van der Waals surface area contributed by atoms with E-state index in [0.29, 0.717) is 27.5 Å². The van der Waals surface area contributed by atoms with Crippen molar-refractivity contribution in [2.24, 2.45) is 5.92 Å². The second kappa shape index (κ2) is 45.3. The summed E-state index contributed by atoms with van der Waals surface area (Å²) in [5, 5.41) is 45.3. The smallest absolute Gasteiger partial charge is 0.408 e. The number of carboxylic acid groups (broad SMARTS) is 1. The van der Waals surface area contributed by atoms with Crippen molar-refractivity contribution in [1.82, 2.24) is 42.5 Å². The number of aliphatic carboxylic acids is 1. The third kappa shape index (κ3) is 29.6. The lowest BCUT2D eigenvalue weighted by Gasteiger charge is -2.37. The number of carboxylic acids is 1. The summed E-state index contributed by atoms with van der Waals surface area (Å²) < 4.78 is 21.7. The van der Waals surface area contributed by atoms with Gasteiger partial charge in [0.15, 0.2) is 0 Å². The molecule has 0 heterocycles. The van der Waals surface area contributed by atoms with E-state index < -0.39 is 146 Å². The average molecular weight is 1770 g/mol. The van der Waals surface area contributed by atoms with Crippen LogP contribution in [0.1, 0.15) is 153 Å². The molecular weight excluding hydrogens is 1650 g/mol. The van der Waals surface area contributed by atoms with Gasteiger partial charge < -0.3 is 66.6 Å². The molecule has 0 spiro atoms. The van der Waals surface area contributed by atoms with Gasteiger partial charge in [0.2, 0.25) is 35.4 Å². The Balaban J connectivity index is 1.11. The molecule has 9 N–H and O–H groups in total.